The maximum atomic E-state index is 11.2. The average Bonchev–Trinajstić information content (AvgIpc) is 2.20. The van der Waals surface area contributed by atoms with Crippen molar-refractivity contribution in [1.29, 1.82) is 5.26 Å². The van der Waals surface area contributed by atoms with E-state index in [4.69, 9.17) is 10.00 Å². The predicted molar refractivity (Wildman–Crippen MR) is 56.8 cm³/mol. The van der Waals surface area contributed by atoms with E-state index in [0.29, 0.717) is 0 Å². The van der Waals surface area contributed by atoms with Crippen LogP contribution in [0.25, 0.3) is 0 Å². The molecule has 0 saturated carbocycles. The van der Waals surface area contributed by atoms with Gasteiger partial charge >= 0.3 is 0 Å². The van der Waals surface area contributed by atoms with Crippen molar-refractivity contribution in [2.24, 2.45) is 0 Å². The summed E-state index contributed by atoms with van der Waals surface area (Å²) in [6, 6.07) is 7.35. The Morgan fingerprint density at radius 1 is 1.53 bits per heavy atom. The van der Waals surface area contributed by atoms with E-state index < -0.39 is 5.92 Å². The number of carbonyl (C=O) groups is 1. The lowest BCUT2D eigenvalue weighted by atomic mass is 9.93. The summed E-state index contributed by atoms with van der Waals surface area (Å²) in [5.41, 5.74) is 1.65. The smallest absolute Gasteiger partial charge is 0.151 e. The number of hydrogen-bond acceptors (Lipinski definition) is 3. The van der Waals surface area contributed by atoms with Gasteiger partial charge in [0.1, 0.15) is 11.7 Å². The summed E-state index contributed by atoms with van der Waals surface area (Å²) in [7, 11) is 1.58. The van der Waals surface area contributed by atoms with Crippen LogP contribution in [-0.4, -0.2) is 12.9 Å². The lowest BCUT2D eigenvalue weighted by Crippen LogP contribution is -2.08. The minimum atomic E-state index is -0.670. The Morgan fingerprint density at radius 2 is 2.20 bits per heavy atom. The summed E-state index contributed by atoms with van der Waals surface area (Å²) in [4.78, 5) is 11.2. The highest BCUT2D eigenvalue weighted by Crippen LogP contribution is 2.24. The van der Waals surface area contributed by atoms with Gasteiger partial charge in [0.15, 0.2) is 5.78 Å². The maximum Gasteiger partial charge on any atom is 0.151 e. The molecule has 3 nitrogen and oxygen atoms in total. The minimum absolute atomic E-state index is 0.134. The van der Waals surface area contributed by atoms with E-state index in [0.717, 1.165) is 16.9 Å². The van der Waals surface area contributed by atoms with Crippen LogP contribution in [-0.2, 0) is 4.79 Å². The Hall–Kier alpha value is -1.82. The van der Waals surface area contributed by atoms with Crippen molar-refractivity contribution < 1.29 is 9.53 Å². The number of carbonyl (C=O) groups excluding carboxylic acids is 1. The SMILES string of the molecule is COc1ccc(C(C#N)C(C)=O)c(C)c1. The second kappa shape index (κ2) is 4.61. The molecule has 78 valence electrons. The average molecular weight is 203 g/mol. The fraction of sp³-hybridized carbons (Fsp3) is 0.333. The Kier molecular flexibility index (Phi) is 3.46. The lowest BCUT2D eigenvalue weighted by molar-refractivity contribution is -0.117. The molecule has 15 heavy (non-hydrogen) atoms. The van der Waals surface area contributed by atoms with Gasteiger partial charge in [-0.2, -0.15) is 5.26 Å². The fourth-order valence-electron chi connectivity index (χ4n) is 1.48. The van der Waals surface area contributed by atoms with E-state index in [9.17, 15) is 4.79 Å². The topological polar surface area (TPSA) is 50.1 Å². The molecule has 1 atom stereocenters. The molecule has 3 heteroatoms. The molecule has 1 unspecified atom stereocenters. The summed E-state index contributed by atoms with van der Waals surface area (Å²) in [6.45, 7) is 3.29. The molecule has 0 aliphatic rings. The molecule has 0 aromatic heterocycles. The van der Waals surface area contributed by atoms with Crippen LogP contribution in [0.3, 0.4) is 0 Å². The lowest BCUT2D eigenvalue weighted by Gasteiger charge is -2.10. The van der Waals surface area contributed by atoms with Gasteiger partial charge in [0.25, 0.3) is 0 Å². The Morgan fingerprint density at radius 3 is 2.60 bits per heavy atom. The molecular formula is C12H13NO2. The van der Waals surface area contributed by atoms with E-state index in [2.05, 4.69) is 0 Å². The second-order valence-corrected chi connectivity index (χ2v) is 3.40. The first-order chi connectivity index (χ1) is 7.10. The van der Waals surface area contributed by atoms with Crippen molar-refractivity contribution in [2.75, 3.05) is 7.11 Å². The standard InChI is InChI=1S/C12H13NO2/c1-8-6-10(15-3)4-5-11(8)12(7-13)9(2)14/h4-6,12H,1-3H3. The summed E-state index contributed by atoms with van der Waals surface area (Å²) in [5, 5.41) is 8.90. The van der Waals surface area contributed by atoms with Crippen molar-refractivity contribution in [1.82, 2.24) is 0 Å². The number of ketones is 1. The predicted octanol–water partition coefficient (Wildman–Crippen LogP) is 2.20. The number of Topliss-reactive ketones (excluding diaryl/α,β-unsaturated/α-hetero) is 1. The van der Waals surface area contributed by atoms with E-state index >= 15 is 0 Å². The van der Waals surface area contributed by atoms with E-state index in [1.807, 2.05) is 19.1 Å². The van der Waals surface area contributed by atoms with Gasteiger partial charge in [0.05, 0.1) is 13.2 Å². The molecule has 0 radical (unpaired) electrons. The zero-order chi connectivity index (χ0) is 11.4. The van der Waals surface area contributed by atoms with Gasteiger partial charge in [0.2, 0.25) is 0 Å². The number of rotatable bonds is 3. The van der Waals surface area contributed by atoms with Crippen molar-refractivity contribution in [3.63, 3.8) is 0 Å². The molecule has 0 aliphatic carbocycles. The quantitative estimate of drug-likeness (QED) is 0.756. The number of aryl methyl sites for hydroxylation is 1. The number of nitriles is 1. The molecule has 0 amide bonds. The van der Waals surface area contributed by atoms with Crippen molar-refractivity contribution >= 4 is 5.78 Å². The van der Waals surface area contributed by atoms with Gasteiger partial charge in [0, 0.05) is 0 Å². The minimum Gasteiger partial charge on any atom is -0.497 e. The summed E-state index contributed by atoms with van der Waals surface area (Å²) in [5.74, 6) is -0.0711. The van der Waals surface area contributed by atoms with Crippen LogP contribution in [0.15, 0.2) is 18.2 Å². The molecule has 0 heterocycles. The summed E-state index contributed by atoms with van der Waals surface area (Å²) in [6.07, 6.45) is 0. The van der Waals surface area contributed by atoms with Crippen molar-refractivity contribution in [3.05, 3.63) is 29.3 Å². The molecule has 0 N–H and O–H groups in total. The number of ether oxygens (including phenoxy) is 1. The Bertz CT molecular complexity index is 418. The van der Waals surface area contributed by atoms with Crippen LogP contribution in [0, 0.1) is 18.3 Å². The van der Waals surface area contributed by atoms with Crippen LogP contribution in [0.5, 0.6) is 5.75 Å². The number of nitrogens with zero attached hydrogens (tertiary/aromatic N) is 1. The number of hydrogen-bond donors (Lipinski definition) is 0. The van der Waals surface area contributed by atoms with Crippen LogP contribution in [0.1, 0.15) is 24.0 Å². The van der Waals surface area contributed by atoms with Crippen LogP contribution < -0.4 is 4.74 Å². The second-order valence-electron chi connectivity index (χ2n) is 3.40. The maximum absolute atomic E-state index is 11.2. The number of methoxy groups -OCH3 is 1. The van der Waals surface area contributed by atoms with E-state index in [-0.39, 0.29) is 5.78 Å². The molecule has 0 aliphatic heterocycles. The normalized spacial score (nSPS) is 11.6. The molecule has 1 aromatic rings. The molecule has 0 fully saturated rings. The van der Waals surface area contributed by atoms with E-state index in [1.165, 1.54) is 6.92 Å². The van der Waals surface area contributed by atoms with Gasteiger partial charge < -0.3 is 4.74 Å². The first-order valence-electron chi connectivity index (χ1n) is 4.64. The van der Waals surface area contributed by atoms with Crippen LogP contribution in [0.2, 0.25) is 0 Å². The highest BCUT2D eigenvalue weighted by molar-refractivity contribution is 5.86. The Balaban J connectivity index is 3.16. The van der Waals surface area contributed by atoms with Gasteiger partial charge in [-0.05, 0) is 37.1 Å². The molecular weight excluding hydrogens is 190 g/mol. The van der Waals surface area contributed by atoms with E-state index in [1.54, 1.807) is 19.2 Å². The molecule has 0 bridgehead atoms. The van der Waals surface area contributed by atoms with Gasteiger partial charge in [-0.1, -0.05) is 6.07 Å². The largest absolute Gasteiger partial charge is 0.497 e. The summed E-state index contributed by atoms with van der Waals surface area (Å²) < 4.78 is 5.06. The van der Waals surface area contributed by atoms with Gasteiger partial charge in [-0.15, -0.1) is 0 Å². The Labute approximate surface area is 89.3 Å². The zero-order valence-electron chi connectivity index (χ0n) is 9.07. The van der Waals surface area contributed by atoms with Gasteiger partial charge in [-0.25, -0.2) is 0 Å². The third kappa shape index (κ3) is 2.35. The fourth-order valence-corrected chi connectivity index (χ4v) is 1.48. The summed E-state index contributed by atoms with van der Waals surface area (Å²) >= 11 is 0. The third-order valence-corrected chi connectivity index (χ3v) is 2.32. The van der Waals surface area contributed by atoms with Crippen molar-refractivity contribution in [2.45, 2.75) is 19.8 Å². The van der Waals surface area contributed by atoms with Crippen LogP contribution >= 0.6 is 0 Å². The third-order valence-electron chi connectivity index (χ3n) is 2.32. The first-order valence-corrected chi connectivity index (χ1v) is 4.64. The molecule has 1 aromatic carbocycles. The monoisotopic (exact) mass is 203 g/mol. The highest BCUT2D eigenvalue weighted by Gasteiger charge is 2.17. The first kappa shape index (κ1) is 11.3. The van der Waals surface area contributed by atoms with Crippen LogP contribution in [0.4, 0.5) is 0 Å². The molecule has 0 saturated heterocycles. The van der Waals surface area contributed by atoms with Crippen molar-refractivity contribution in [3.8, 4) is 11.8 Å². The van der Waals surface area contributed by atoms with Gasteiger partial charge in [-0.3, -0.25) is 4.79 Å². The molecule has 1 rings (SSSR count). The molecule has 0 spiro atoms. The highest BCUT2D eigenvalue weighted by atomic mass is 16.5. The zero-order valence-corrected chi connectivity index (χ0v) is 9.07. The number of benzene rings is 1.